The first-order chi connectivity index (χ1) is 11.6. The second kappa shape index (κ2) is 8.70. The molecule has 0 unspecified atom stereocenters. The number of H-pyrrole nitrogens is 1. The van der Waals surface area contributed by atoms with E-state index in [1.165, 1.54) is 6.33 Å². The highest BCUT2D eigenvalue weighted by Gasteiger charge is 2.15. The molecule has 10 nitrogen and oxygen atoms in total. The van der Waals surface area contributed by atoms with Gasteiger partial charge in [-0.3, -0.25) is 4.79 Å². The molecule has 2 aromatic heterocycles. The van der Waals surface area contributed by atoms with Crippen molar-refractivity contribution in [2.45, 2.75) is 13.0 Å². The normalized spacial score (nSPS) is 10.5. The van der Waals surface area contributed by atoms with E-state index in [9.17, 15) is 14.9 Å². The summed E-state index contributed by atoms with van der Waals surface area (Å²) in [5.74, 6) is -0.496. The second-order valence-electron chi connectivity index (χ2n) is 4.94. The maximum atomic E-state index is 12.1. The maximum absolute atomic E-state index is 12.1. The molecule has 128 valence electrons. The van der Waals surface area contributed by atoms with Crippen LogP contribution >= 0.6 is 0 Å². The van der Waals surface area contributed by atoms with Crippen molar-refractivity contribution >= 4 is 11.7 Å². The zero-order valence-corrected chi connectivity index (χ0v) is 13.0. The smallest absolute Gasteiger partial charge is 0.343 e. The van der Waals surface area contributed by atoms with Gasteiger partial charge in [-0.15, -0.1) is 0 Å². The largest absolute Gasteiger partial charge is 0.358 e. The number of pyridine rings is 1. The molecule has 0 aliphatic carbocycles. The van der Waals surface area contributed by atoms with Gasteiger partial charge in [0, 0.05) is 32.6 Å². The van der Waals surface area contributed by atoms with Crippen molar-refractivity contribution < 1.29 is 9.72 Å². The molecule has 0 saturated heterocycles. The number of carbonyl (C=O) groups excluding carboxylic acids is 1. The molecule has 0 aliphatic rings. The van der Waals surface area contributed by atoms with E-state index in [-0.39, 0.29) is 24.7 Å². The maximum Gasteiger partial charge on any atom is 0.343 e. The zero-order chi connectivity index (χ0) is 17.4. The highest BCUT2D eigenvalue weighted by molar-refractivity contribution is 5.92. The summed E-state index contributed by atoms with van der Waals surface area (Å²) in [6.07, 6.45) is 1.51. The Morgan fingerprint density at radius 3 is 2.96 bits per heavy atom. The van der Waals surface area contributed by atoms with Crippen LogP contribution < -0.4 is 16.4 Å². The number of nitro groups is 1. The average molecular weight is 333 g/mol. The third kappa shape index (κ3) is 4.83. The van der Waals surface area contributed by atoms with Crippen LogP contribution in [0.3, 0.4) is 0 Å². The molecular weight excluding hydrogens is 314 g/mol. The first-order valence-corrected chi connectivity index (χ1v) is 7.43. The van der Waals surface area contributed by atoms with E-state index >= 15 is 0 Å². The summed E-state index contributed by atoms with van der Waals surface area (Å²) in [5.41, 5.74) is 6.72. The number of aromatic nitrogens is 3. The number of carbonyl (C=O) groups is 1. The Kier molecular flexibility index (Phi) is 6.34. The van der Waals surface area contributed by atoms with Gasteiger partial charge in [-0.2, -0.15) is 0 Å². The highest BCUT2D eigenvalue weighted by atomic mass is 16.6. The first kappa shape index (κ1) is 17.5. The summed E-state index contributed by atoms with van der Waals surface area (Å²) < 4.78 is 0. The average Bonchev–Trinajstić information content (AvgIpc) is 3.04. The summed E-state index contributed by atoms with van der Waals surface area (Å²) in [5, 5.41) is 16.6. The molecule has 1 amide bonds. The van der Waals surface area contributed by atoms with Crippen molar-refractivity contribution in [3.05, 3.63) is 51.7 Å². The minimum atomic E-state index is -0.538. The summed E-state index contributed by atoms with van der Waals surface area (Å²) in [4.78, 5) is 32.9. The summed E-state index contributed by atoms with van der Waals surface area (Å²) >= 11 is 0. The number of amides is 1. The number of nitrogens with two attached hydrogens (primary N) is 1. The van der Waals surface area contributed by atoms with E-state index in [0.717, 1.165) is 5.69 Å². The molecule has 0 aromatic carbocycles. The molecule has 10 heteroatoms. The van der Waals surface area contributed by atoms with Crippen LogP contribution in [0, 0.1) is 10.1 Å². The first-order valence-electron chi connectivity index (χ1n) is 7.43. The SMILES string of the molecule is NCCNCc1cccc(C(=O)NCCc2nc[nH]c2[N+](=O)[O-])n1. The molecule has 0 spiro atoms. The Morgan fingerprint density at radius 1 is 1.38 bits per heavy atom. The number of hydrogen-bond donors (Lipinski definition) is 4. The Bertz CT molecular complexity index is 701. The monoisotopic (exact) mass is 333 g/mol. The van der Waals surface area contributed by atoms with E-state index in [0.29, 0.717) is 31.0 Å². The molecule has 0 radical (unpaired) electrons. The number of nitrogens with one attached hydrogen (secondary N) is 3. The summed E-state index contributed by atoms with van der Waals surface area (Å²) in [7, 11) is 0. The fraction of sp³-hybridized carbons (Fsp3) is 0.357. The molecule has 0 bridgehead atoms. The van der Waals surface area contributed by atoms with Crippen molar-refractivity contribution in [1.82, 2.24) is 25.6 Å². The minimum Gasteiger partial charge on any atom is -0.358 e. The fourth-order valence-corrected chi connectivity index (χ4v) is 2.06. The van der Waals surface area contributed by atoms with E-state index in [2.05, 4.69) is 25.6 Å². The number of hydrogen-bond acceptors (Lipinski definition) is 7. The zero-order valence-electron chi connectivity index (χ0n) is 13.0. The number of nitrogens with zero attached hydrogens (tertiary/aromatic N) is 3. The Labute approximate surface area is 138 Å². The molecule has 5 N–H and O–H groups in total. The lowest BCUT2D eigenvalue weighted by atomic mass is 10.2. The Balaban J connectivity index is 1.87. The Morgan fingerprint density at radius 2 is 2.21 bits per heavy atom. The van der Waals surface area contributed by atoms with Gasteiger partial charge in [-0.1, -0.05) is 6.07 Å². The standard InChI is InChI=1S/C14H19N7O3/c15-5-7-16-8-10-2-1-3-12(20-10)14(22)17-6-4-11-13(21(23)24)19-9-18-11/h1-3,9,16H,4-8,15H2,(H,17,22)(H,18,19). The summed E-state index contributed by atoms with van der Waals surface area (Å²) in [6, 6.07) is 5.17. The van der Waals surface area contributed by atoms with Gasteiger partial charge in [0.05, 0.1) is 5.69 Å². The molecule has 24 heavy (non-hydrogen) atoms. The second-order valence-corrected chi connectivity index (χ2v) is 4.94. The molecule has 0 fully saturated rings. The van der Waals surface area contributed by atoms with Crippen LogP contribution in [0.5, 0.6) is 0 Å². The van der Waals surface area contributed by atoms with E-state index < -0.39 is 4.92 Å². The predicted octanol–water partition coefficient (Wildman–Crippen LogP) is -0.266. The van der Waals surface area contributed by atoms with Crippen molar-refractivity contribution in [3.63, 3.8) is 0 Å². The van der Waals surface area contributed by atoms with Gasteiger partial charge >= 0.3 is 5.82 Å². The van der Waals surface area contributed by atoms with Crippen molar-refractivity contribution in [2.75, 3.05) is 19.6 Å². The molecule has 2 rings (SSSR count). The minimum absolute atomic E-state index is 0.157. The molecule has 2 heterocycles. The van der Waals surface area contributed by atoms with E-state index in [4.69, 9.17) is 5.73 Å². The van der Waals surface area contributed by atoms with Crippen LogP contribution in [0.4, 0.5) is 5.82 Å². The van der Waals surface area contributed by atoms with Crippen molar-refractivity contribution in [3.8, 4) is 0 Å². The van der Waals surface area contributed by atoms with Crippen LogP contribution in [0.2, 0.25) is 0 Å². The van der Waals surface area contributed by atoms with Crippen LogP contribution in [-0.2, 0) is 13.0 Å². The van der Waals surface area contributed by atoms with Crippen LogP contribution in [-0.4, -0.2) is 45.4 Å². The predicted molar refractivity (Wildman–Crippen MR) is 86.3 cm³/mol. The van der Waals surface area contributed by atoms with Crippen molar-refractivity contribution in [1.29, 1.82) is 0 Å². The number of aromatic amines is 1. The van der Waals surface area contributed by atoms with Crippen molar-refractivity contribution in [2.24, 2.45) is 5.73 Å². The fourth-order valence-electron chi connectivity index (χ4n) is 2.06. The molecule has 0 atom stereocenters. The van der Waals surface area contributed by atoms with Gasteiger partial charge in [0.1, 0.15) is 11.4 Å². The number of imidazole rings is 1. The van der Waals surface area contributed by atoms with Gasteiger partial charge in [0.15, 0.2) is 6.33 Å². The molecule has 0 aliphatic heterocycles. The van der Waals surface area contributed by atoms with Crippen LogP contribution in [0.1, 0.15) is 21.9 Å². The van der Waals surface area contributed by atoms with Gasteiger partial charge in [0.2, 0.25) is 0 Å². The summed E-state index contributed by atoms with van der Waals surface area (Å²) in [6.45, 7) is 1.94. The van der Waals surface area contributed by atoms with Gasteiger partial charge in [-0.25, -0.2) is 15.0 Å². The van der Waals surface area contributed by atoms with Gasteiger partial charge in [-0.05, 0) is 17.1 Å². The lowest BCUT2D eigenvalue weighted by molar-refractivity contribution is -0.390. The quantitative estimate of drug-likeness (QED) is 0.280. The van der Waals surface area contributed by atoms with Gasteiger partial charge in [0.25, 0.3) is 5.91 Å². The van der Waals surface area contributed by atoms with Crippen LogP contribution in [0.15, 0.2) is 24.5 Å². The lowest BCUT2D eigenvalue weighted by Crippen LogP contribution is -2.27. The lowest BCUT2D eigenvalue weighted by Gasteiger charge is -2.06. The van der Waals surface area contributed by atoms with Crippen LogP contribution in [0.25, 0.3) is 0 Å². The third-order valence-electron chi connectivity index (χ3n) is 3.19. The molecular formula is C14H19N7O3. The molecule has 0 saturated carbocycles. The van der Waals surface area contributed by atoms with E-state index in [1.54, 1.807) is 12.1 Å². The number of rotatable bonds is 9. The molecule has 2 aromatic rings. The van der Waals surface area contributed by atoms with E-state index in [1.807, 2.05) is 6.07 Å². The van der Waals surface area contributed by atoms with Gasteiger partial charge < -0.3 is 26.5 Å². The topological polar surface area (TPSA) is 152 Å². The third-order valence-corrected chi connectivity index (χ3v) is 3.19. The highest BCUT2D eigenvalue weighted by Crippen LogP contribution is 2.12. The Hall–Kier alpha value is -2.85.